The predicted molar refractivity (Wildman–Crippen MR) is 137 cm³/mol. The van der Waals surface area contributed by atoms with Gasteiger partial charge in [0.05, 0.1) is 6.42 Å². The van der Waals surface area contributed by atoms with Crippen LogP contribution in [0.15, 0.2) is 24.3 Å². The topological polar surface area (TPSA) is 159 Å². The Morgan fingerprint density at radius 2 is 1.86 bits per heavy atom. The number of fused-ring (bicyclic) bond motifs is 1. The Kier molecular flexibility index (Phi) is 7.63. The molecule has 10 heteroatoms. The number of likely N-dealkylation sites (tertiary alicyclic amines) is 2. The van der Waals surface area contributed by atoms with E-state index in [4.69, 9.17) is 22.0 Å². The van der Waals surface area contributed by atoms with Crippen molar-refractivity contribution in [2.45, 2.75) is 76.5 Å². The van der Waals surface area contributed by atoms with E-state index in [0.29, 0.717) is 25.1 Å². The summed E-state index contributed by atoms with van der Waals surface area (Å²) in [5.74, 6) is -1.57. The highest BCUT2D eigenvalue weighted by Crippen LogP contribution is 2.29. The molecule has 2 fully saturated rings. The molecule has 194 valence electrons. The van der Waals surface area contributed by atoms with E-state index >= 15 is 0 Å². The summed E-state index contributed by atoms with van der Waals surface area (Å²) in [5, 5.41) is 17.9. The van der Waals surface area contributed by atoms with E-state index in [2.05, 4.69) is 17.6 Å². The number of amides is 2. The van der Waals surface area contributed by atoms with Gasteiger partial charge in [0.1, 0.15) is 17.9 Å². The monoisotopic (exact) mass is 496 g/mol. The molecule has 10 nitrogen and oxygen atoms in total. The van der Waals surface area contributed by atoms with Gasteiger partial charge in [-0.3, -0.25) is 19.8 Å². The third-order valence-electron chi connectivity index (χ3n) is 7.58. The molecule has 0 aliphatic carbocycles. The fourth-order valence-corrected chi connectivity index (χ4v) is 5.71. The summed E-state index contributed by atoms with van der Waals surface area (Å²) in [7, 11) is 0. The number of nitrogens with two attached hydrogens (primary N) is 2. The van der Waals surface area contributed by atoms with Gasteiger partial charge in [-0.1, -0.05) is 12.1 Å². The molecular weight excluding hydrogens is 460 g/mol. The number of carbonyl (C=O) groups is 3. The zero-order valence-electron chi connectivity index (χ0n) is 20.8. The van der Waals surface area contributed by atoms with Crippen LogP contribution in [0.1, 0.15) is 56.7 Å². The first-order valence-electron chi connectivity index (χ1n) is 12.8. The van der Waals surface area contributed by atoms with Crippen molar-refractivity contribution in [3.63, 3.8) is 0 Å². The second-order valence-corrected chi connectivity index (χ2v) is 9.83. The highest BCUT2D eigenvalue weighted by Gasteiger charge is 2.40. The van der Waals surface area contributed by atoms with E-state index in [9.17, 15) is 14.4 Å². The number of carbonyl (C=O) groups excluding carboxylic acids is 2. The third-order valence-corrected chi connectivity index (χ3v) is 7.58. The van der Waals surface area contributed by atoms with E-state index in [1.54, 1.807) is 0 Å². The van der Waals surface area contributed by atoms with Crippen molar-refractivity contribution in [3.8, 4) is 0 Å². The minimum Gasteiger partial charge on any atom is -0.480 e. The van der Waals surface area contributed by atoms with Crippen molar-refractivity contribution in [2.24, 2.45) is 11.5 Å². The first-order valence-corrected chi connectivity index (χ1v) is 12.8. The number of hydrogen-bond donors (Lipinski definition) is 4. The van der Waals surface area contributed by atoms with Crippen molar-refractivity contribution >= 4 is 34.5 Å². The highest BCUT2D eigenvalue weighted by molar-refractivity contribution is 5.98. The van der Waals surface area contributed by atoms with Gasteiger partial charge < -0.3 is 30.9 Å². The minimum atomic E-state index is -1.26. The van der Waals surface area contributed by atoms with Crippen molar-refractivity contribution in [2.75, 3.05) is 13.1 Å². The standard InChI is InChI=1S/C26H36N6O4/c1-2-30-19(13-16-7-8-17(24(28)29)14-22(16)30)10-9-18-5-3-11-31(18)25(34)21-6-4-12-32(21)23(33)15-20(27)26(35)36/h7-8,13-14,18,20-21H,2-6,9-12,15,27H2,1H3,(H3,28,29)(H,35,36). The molecule has 6 N–H and O–H groups in total. The zero-order valence-corrected chi connectivity index (χ0v) is 20.8. The lowest BCUT2D eigenvalue weighted by Gasteiger charge is -2.32. The lowest BCUT2D eigenvalue weighted by atomic mass is 10.1. The van der Waals surface area contributed by atoms with Crippen molar-refractivity contribution < 1.29 is 19.5 Å². The molecule has 2 saturated heterocycles. The molecule has 3 atom stereocenters. The van der Waals surface area contributed by atoms with Gasteiger partial charge in [-0.05, 0) is 63.0 Å². The number of aromatic nitrogens is 1. The van der Waals surface area contributed by atoms with Gasteiger partial charge >= 0.3 is 5.97 Å². The van der Waals surface area contributed by atoms with Crippen LogP contribution in [0, 0.1) is 5.41 Å². The molecule has 0 radical (unpaired) electrons. The lowest BCUT2D eigenvalue weighted by molar-refractivity contribution is -0.146. The molecule has 2 amide bonds. The number of carboxylic acids is 1. The van der Waals surface area contributed by atoms with Gasteiger partial charge in [-0.2, -0.15) is 0 Å². The van der Waals surface area contributed by atoms with Gasteiger partial charge in [0, 0.05) is 42.5 Å². The van der Waals surface area contributed by atoms with Gasteiger partial charge in [-0.25, -0.2) is 0 Å². The summed E-state index contributed by atoms with van der Waals surface area (Å²) in [6.45, 7) is 4.02. The highest BCUT2D eigenvalue weighted by atomic mass is 16.4. The second kappa shape index (κ2) is 10.7. The first kappa shape index (κ1) is 25.7. The Labute approximate surface area is 210 Å². The number of hydrogen-bond acceptors (Lipinski definition) is 5. The Bertz CT molecular complexity index is 1170. The normalized spacial score (nSPS) is 20.7. The molecule has 2 aliphatic heterocycles. The quantitative estimate of drug-likeness (QED) is 0.305. The van der Waals surface area contributed by atoms with Gasteiger partial charge in [-0.15, -0.1) is 0 Å². The Morgan fingerprint density at radius 3 is 2.56 bits per heavy atom. The van der Waals surface area contributed by atoms with Gasteiger partial charge in [0.15, 0.2) is 0 Å². The number of nitrogen functional groups attached to an aromatic ring is 1. The van der Waals surface area contributed by atoms with E-state index in [0.717, 1.165) is 49.6 Å². The Hall–Kier alpha value is -3.40. The van der Waals surface area contributed by atoms with Crippen molar-refractivity contribution in [1.82, 2.24) is 14.4 Å². The number of aliphatic carboxylic acids is 1. The summed E-state index contributed by atoms with van der Waals surface area (Å²) >= 11 is 0. The number of rotatable bonds is 9. The molecule has 3 heterocycles. The maximum Gasteiger partial charge on any atom is 0.321 e. The molecule has 1 aromatic heterocycles. The van der Waals surface area contributed by atoms with Crippen LogP contribution in [0.3, 0.4) is 0 Å². The number of nitrogens with zero attached hydrogens (tertiary/aromatic N) is 3. The van der Waals surface area contributed by atoms with E-state index < -0.39 is 18.1 Å². The SMILES string of the molecule is CCn1c(CCC2CCCN2C(=O)C2CCCN2C(=O)CC(N)C(=O)O)cc2ccc(C(=N)N)cc21. The minimum absolute atomic E-state index is 0.0330. The number of aryl methyl sites for hydroxylation is 2. The summed E-state index contributed by atoms with van der Waals surface area (Å²) < 4.78 is 2.24. The number of amidine groups is 1. The molecule has 0 saturated carbocycles. The van der Waals surface area contributed by atoms with E-state index in [1.165, 1.54) is 10.6 Å². The zero-order chi connectivity index (χ0) is 26.0. The molecule has 36 heavy (non-hydrogen) atoms. The second-order valence-electron chi connectivity index (χ2n) is 9.83. The van der Waals surface area contributed by atoms with Crippen LogP contribution in [-0.2, 0) is 27.3 Å². The fourth-order valence-electron chi connectivity index (χ4n) is 5.71. The van der Waals surface area contributed by atoms with E-state index in [1.807, 2.05) is 23.1 Å². The van der Waals surface area contributed by atoms with Crippen LogP contribution >= 0.6 is 0 Å². The first-order chi connectivity index (χ1) is 17.2. The van der Waals surface area contributed by atoms with Crippen molar-refractivity contribution in [3.05, 3.63) is 35.5 Å². The van der Waals surface area contributed by atoms with Crippen LogP contribution in [0.25, 0.3) is 10.9 Å². The van der Waals surface area contributed by atoms with E-state index in [-0.39, 0.29) is 30.1 Å². The van der Waals surface area contributed by atoms with Gasteiger partial charge in [0.2, 0.25) is 11.8 Å². The van der Waals surface area contributed by atoms with Crippen LogP contribution in [0.4, 0.5) is 0 Å². The summed E-state index contributed by atoms with van der Waals surface area (Å²) in [6.07, 6.45) is 4.52. The average Bonchev–Trinajstić information content (AvgIpc) is 3.59. The maximum atomic E-state index is 13.5. The van der Waals surface area contributed by atoms with Crippen LogP contribution in [0.5, 0.6) is 0 Å². The molecule has 0 bridgehead atoms. The molecular formula is C26H36N6O4. The maximum absolute atomic E-state index is 13.5. The third kappa shape index (κ3) is 5.09. The summed E-state index contributed by atoms with van der Waals surface area (Å²) in [5.41, 5.74) is 14.2. The fraction of sp³-hybridized carbons (Fsp3) is 0.538. The summed E-state index contributed by atoms with van der Waals surface area (Å²) in [6, 6.07) is 6.30. The number of carboxylic acid groups (broad SMARTS) is 1. The van der Waals surface area contributed by atoms with Crippen LogP contribution in [0.2, 0.25) is 0 Å². The molecule has 3 unspecified atom stereocenters. The largest absolute Gasteiger partial charge is 0.480 e. The number of nitrogens with one attached hydrogen (secondary N) is 1. The Balaban J connectivity index is 1.45. The molecule has 4 rings (SSSR count). The molecule has 2 aromatic rings. The van der Waals surface area contributed by atoms with Crippen LogP contribution < -0.4 is 11.5 Å². The Morgan fingerprint density at radius 1 is 1.14 bits per heavy atom. The smallest absolute Gasteiger partial charge is 0.321 e. The molecule has 0 spiro atoms. The summed E-state index contributed by atoms with van der Waals surface area (Å²) in [4.78, 5) is 40.7. The average molecular weight is 497 g/mol. The van der Waals surface area contributed by atoms with Crippen molar-refractivity contribution in [1.29, 1.82) is 5.41 Å². The predicted octanol–water partition coefficient (Wildman–Crippen LogP) is 1.66. The van der Waals surface area contributed by atoms with Gasteiger partial charge in [0.25, 0.3) is 0 Å². The molecule has 1 aromatic carbocycles. The molecule has 2 aliphatic rings. The lowest BCUT2D eigenvalue weighted by Crippen LogP contribution is -2.50. The van der Waals surface area contributed by atoms with Crippen LogP contribution in [-0.4, -0.2) is 74.3 Å². The number of benzene rings is 1.